The fraction of sp³-hybridized carbons (Fsp3) is 0.444. The van der Waals surface area contributed by atoms with Crippen LogP contribution in [0.4, 0.5) is 0 Å². The number of benzene rings is 1. The van der Waals surface area contributed by atoms with Crippen molar-refractivity contribution >= 4 is 13.3 Å². The molecule has 19 heavy (non-hydrogen) atoms. The molecule has 100 valence electrons. The minimum atomic E-state index is -1.42. The highest BCUT2D eigenvalue weighted by atomic mass is 28.3. The summed E-state index contributed by atoms with van der Waals surface area (Å²) in [5.41, 5.74) is 1.26. The van der Waals surface area contributed by atoms with Gasteiger partial charge < -0.3 is 0 Å². The van der Waals surface area contributed by atoms with Crippen LogP contribution < -0.4 is 5.19 Å². The summed E-state index contributed by atoms with van der Waals surface area (Å²) < 4.78 is 0. The average molecular weight is 268 g/mol. The van der Waals surface area contributed by atoms with E-state index in [0.29, 0.717) is 5.92 Å². The first-order valence-electron chi connectivity index (χ1n) is 7.35. The number of hydrogen-bond donors (Lipinski definition) is 0. The Hall–Kier alpha value is -1.26. The minimum Gasteiger partial charge on any atom is -0.103 e. The maximum absolute atomic E-state index is 3.91. The molecule has 2 rings (SSSR count). The van der Waals surface area contributed by atoms with E-state index in [1.807, 2.05) is 0 Å². The van der Waals surface area contributed by atoms with Gasteiger partial charge in [0.15, 0.2) is 0 Å². The molecule has 1 aromatic carbocycles. The first-order chi connectivity index (χ1) is 9.13. The zero-order valence-corrected chi connectivity index (χ0v) is 13.2. The van der Waals surface area contributed by atoms with Gasteiger partial charge in [-0.2, -0.15) is 0 Å². The topological polar surface area (TPSA) is 0 Å². The standard InChI is InChI=1S/C18H24Si/c1-4-15-19(2,3)18-12-8-7-11-17(18)14-13-16-9-5-6-10-16/h4,7-8,11-12,16H,1,5-6,9-10,15H2,2-3H3. The van der Waals surface area contributed by atoms with E-state index in [1.165, 1.54) is 36.4 Å². The van der Waals surface area contributed by atoms with Crippen molar-refractivity contribution in [1.82, 2.24) is 0 Å². The largest absolute Gasteiger partial charge is 0.103 e. The van der Waals surface area contributed by atoms with E-state index in [4.69, 9.17) is 0 Å². The fourth-order valence-electron chi connectivity index (χ4n) is 2.90. The van der Waals surface area contributed by atoms with Crippen molar-refractivity contribution < 1.29 is 0 Å². The predicted molar refractivity (Wildman–Crippen MR) is 87.4 cm³/mol. The Morgan fingerprint density at radius 3 is 2.63 bits per heavy atom. The first kappa shape index (κ1) is 14.2. The lowest BCUT2D eigenvalue weighted by atomic mass is 10.1. The van der Waals surface area contributed by atoms with Crippen LogP contribution in [-0.4, -0.2) is 8.07 Å². The molecule has 0 unspecified atom stereocenters. The molecular formula is C18H24Si. The lowest BCUT2D eigenvalue weighted by Crippen LogP contribution is -2.42. The van der Waals surface area contributed by atoms with Crippen molar-refractivity contribution in [3.05, 3.63) is 42.5 Å². The molecule has 0 heterocycles. The summed E-state index contributed by atoms with van der Waals surface area (Å²) in [5, 5.41) is 1.49. The van der Waals surface area contributed by atoms with Crippen LogP contribution in [0.15, 0.2) is 36.9 Å². The van der Waals surface area contributed by atoms with Crippen LogP contribution in [-0.2, 0) is 0 Å². The zero-order valence-electron chi connectivity index (χ0n) is 12.2. The SMILES string of the molecule is C=CC[Si](C)(C)c1ccccc1C#CC1CCCC1. The van der Waals surface area contributed by atoms with Crippen LogP contribution in [0.2, 0.25) is 19.1 Å². The Bertz CT molecular complexity index is 496. The normalized spacial score (nSPS) is 15.9. The van der Waals surface area contributed by atoms with Gasteiger partial charge >= 0.3 is 0 Å². The molecule has 1 fully saturated rings. The van der Waals surface area contributed by atoms with Gasteiger partial charge in [0.05, 0.1) is 8.07 Å². The van der Waals surface area contributed by atoms with E-state index in [0.717, 1.165) is 6.04 Å². The minimum absolute atomic E-state index is 0.636. The van der Waals surface area contributed by atoms with Crippen molar-refractivity contribution in [2.24, 2.45) is 5.92 Å². The highest BCUT2D eigenvalue weighted by Gasteiger charge is 2.23. The maximum atomic E-state index is 3.91. The van der Waals surface area contributed by atoms with E-state index < -0.39 is 8.07 Å². The summed E-state index contributed by atoms with van der Waals surface area (Å²) in [6.45, 7) is 8.72. The van der Waals surface area contributed by atoms with Gasteiger partial charge in [-0.1, -0.05) is 62.1 Å². The van der Waals surface area contributed by atoms with Crippen LogP contribution in [0.5, 0.6) is 0 Å². The van der Waals surface area contributed by atoms with E-state index in [-0.39, 0.29) is 0 Å². The molecule has 0 N–H and O–H groups in total. The molecule has 1 aliphatic carbocycles. The summed E-state index contributed by atoms with van der Waals surface area (Å²) in [4.78, 5) is 0. The molecule has 0 bridgehead atoms. The van der Waals surface area contributed by atoms with E-state index in [9.17, 15) is 0 Å². The fourth-order valence-corrected chi connectivity index (χ4v) is 5.27. The third kappa shape index (κ3) is 3.61. The zero-order chi connectivity index (χ0) is 13.7. The molecular weight excluding hydrogens is 244 g/mol. The monoisotopic (exact) mass is 268 g/mol. The van der Waals surface area contributed by atoms with E-state index in [1.54, 1.807) is 0 Å². The van der Waals surface area contributed by atoms with Crippen LogP contribution in [0, 0.1) is 17.8 Å². The molecule has 0 nitrogen and oxygen atoms in total. The first-order valence-corrected chi connectivity index (χ1v) is 10.6. The molecule has 1 aromatic rings. The average Bonchev–Trinajstić information content (AvgIpc) is 2.90. The molecule has 1 saturated carbocycles. The summed E-state index contributed by atoms with van der Waals surface area (Å²) in [6, 6.07) is 9.84. The Labute approximate surface area is 118 Å². The maximum Gasteiger partial charge on any atom is 0.0859 e. The van der Waals surface area contributed by atoms with Crippen molar-refractivity contribution in [2.75, 3.05) is 0 Å². The van der Waals surface area contributed by atoms with Crippen LogP contribution in [0.3, 0.4) is 0 Å². The molecule has 0 aliphatic heterocycles. The summed E-state index contributed by atoms with van der Waals surface area (Å²) in [6.07, 6.45) is 7.37. The van der Waals surface area contributed by atoms with E-state index in [2.05, 4.69) is 61.9 Å². The second kappa shape index (κ2) is 6.26. The third-order valence-corrected chi connectivity index (χ3v) is 7.28. The molecule has 0 radical (unpaired) electrons. The molecule has 0 spiro atoms. The Morgan fingerprint density at radius 2 is 1.95 bits per heavy atom. The van der Waals surface area contributed by atoms with E-state index >= 15 is 0 Å². The highest BCUT2D eigenvalue weighted by molar-refractivity contribution is 6.90. The van der Waals surface area contributed by atoms with Crippen LogP contribution in [0.1, 0.15) is 31.2 Å². The molecule has 0 aromatic heterocycles. The molecule has 0 atom stereocenters. The molecule has 1 heteroatoms. The lowest BCUT2D eigenvalue weighted by molar-refractivity contribution is 0.712. The summed E-state index contributed by atoms with van der Waals surface area (Å²) >= 11 is 0. The second-order valence-electron chi connectivity index (χ2n) is 6.17. The Kier molecular flexibility index (Phi) is 4.66. The number of hydrogen-bond acceptors (Lipinski definition) is 0. The summed E-state index contributed by atoms with van der Waals surface area (Å²) in [7, 11) is -1.42. The number of rotatable bonds is 3. The predicted octanol–water partition coefficient (Wildman–Crippen LogP) is 4.33. The van der Waals surface area contributed by atoms with Gasteiger partial charge in [0.1, 0.15) is 0 Å². The smallest absolute Gasteiger partial charge is 0.0859 e. The Balaban J connectivity index is 2.27. The van der Waals surface area contributed by atoms with Crippen molar-refractivity contribution in [3.63, 3.8) is 0 Å². The van der Waals surface area contributed by atoms with Crippen LogP contribution in [0.25, 0.3) is 0 Å². The second-order valence-corrected chi connectivity index (χ2v) is 10.9. The van der Waals surface area contributed by atoms with Crippen molar-refractivity contribution in [3.8, 4) is 11.8 Å². The van der Waals surface area contributed by atoms with Gasteiger partial charge in [-0.25, -0.2) is 0 Å². The van der Waals surface area contributed by atoms with Crippen molar-refractivity contribution in [2.45, 2.75) is 44.8 Å². The Morgan fingerprint density at radius 1 is 1.26 bits per heavy atom. The molecule has 1 aliphatic rings. The molecule has 0 saturated heterocycles. The van der Waals surface area contributed by atoms with Gasteiger partial charge in [0.2, 0.25) is 0 Å². The van der Waals surface area contributed by atoms with Gasteiger partial charge in [-0.3, -0.25) is 0 Å². The summed E-state index contributed by atoms with van der Waals surface area (Å²) in [5.74, 6) is 7.61. The molecule has 0 amide bonds. The van der Waals surface area contributed by atoms with Gasteiger partial charge in [-0.05, 0) is 30.1 Å². The van der Waals surface area contributed by atoms with Crippen molar-refractivity contribution in [1.29, 1.82) is 0 Å². The van der Waals surface area contributed by atoms with Gasteiger partial charge in [-0.15, -0.1) is 6.58 Å². The number of allylic oxidation sites excluding steroid dienone is 1. The quantitative estimate of drug-likeness (QED) is 0.435. The van der Waals surface area contributed by atoms with Gasteiger partial charge in [0.25, 0.3) is 0 Å². The lowest BCUT2D eigenvalue weighted by Gasteiger charge is -2.22. The van der Waals surface area contributed by atoms with Crippen LogP contribution >= 0.6 is 0 Å². The third-order valence-electron chi connectivity index (χ3n) is 4.08. The highest BCUT2D eigenvalue weighted by Crippen LogP contribution is 2.23. The van der Waals surface area contributed by atoms with Gasteiger partial charge in [0, 0.05) is 11.5 Å².